The number of carbonyl (C=O) groups is 1. The number of amides is 2. The first-order chi connectivity index (χ1) is 10.9. The third kappa shape index (κ3) is 6.32. The Labute approximate surface area is 132 Å². The summed E-state index contributed by atoms with van der Waals surface area (Å²) in [6, 6.07) is 5.82. The molecule has 1 aliphatic rings. The molecule has 2 amide bonds. The summed E-state index contributed by atoms with van der Waals surface area (Å²) in [6.07, 6.45) is -2.58. The Hall–Kier alpha value is -2.02. The first-order valence-corrected chi connectivity index (χ1v) is 7.35. The predicted molar refractivity (Wildman–Crippen MR) is 80.0 cm³/mol. The fourth-order valence-electron chi connectivity index (χ4n) is 2.28. The third-order valence-corrected chi connectivity index (χ3v) is 3.48. The van der Waals surface area contributed by atoms with Crippen LogP contribution in [-0.2, 0) is 17.7 Å². The van der Waals surface area contributed by atoms with Crippen molar-refractivity contribution in [2.45, 2.75) is 25.6 Å². The van der Waals surface area contributed by atoms with Gasteiger partial charge in [-0.2, -0.15) is 13.2 Å². The number of ether oxygens (including phenoxy) is 1. The van der Waals surface area contributed by atoms with E-state index in [1.54, 1.807) is 18.2 Å². The molecule has 0 unspecified atom stereocenters. The van der Waals surface area contributed by atoms with E-state index in [1.807, 2.05) is 6.08 Å². The van der Waals surface area contributed by atoms with E-state index in [4.69, 9.17) is 4.74 Å². The summed E-state index contributed by atoms with van der Waals surface area (Å²) < 4.78 is 42.8. The molecule has 0 fully saturated rings. The van der Waals surface area contributed by atoms with Crippen LogP contribution in [-0.4, -0.2) is 32.0 Å². The van der Waals surface area contributed by atoms with Crippen LogP contribution in [0.15, 0.2) is 35.9 Å². The molecular weight excluding hydrogens is 309 g/mol. The maximum atomic E-state index is 12.5. The Morgan fingerprint density at radius 1 is 1.13 bits per heavy atom. The largest absolute Gasteiger partial charge is 0.393 e. The van der Waals surface area contributed by atoms with Crippen molar-refractivity contribution in [2.75, 3.05) is 19.8 Å². The Kier molecular flexibility index (Phi) is 6.04. The topological polar surface area (TPSA) is 50.4 Å². The molecule has 23 heavy (non-hydrogen) atoms. The van der Waals surface area contributed by atoms with Gasteiger partial charge < -0.3 is 15.4 Å². The van der Waals surface area contributed by atoms with E-state index >= 15 is 0 Å². The summed E-state index contributed by atoms with van der Waals surface area (Å²) in [5, 5.41) is 5.28. The molecule has 2 N–H and O–H groups in total. The Morgan fingerprint density at radius 3 is 2.48 bits per heavy atom. The van der Waals surface area contributed by atoms with Crippen LogP contribution < -0.4 is 10.6 Å². The zero-order valence-corrected chi connectivity index (χ0v) is 12.6. The van der Waals surface area contributed by atoms with Crippen LogP contribution in [0.4, 0.5) is 18.0 Å². The molecule has 7 heteroatoms. The van der Waals surface area contributed by atoms with Crippen LogP contribution in [0, 0.1) is 0 Å². The van der Waals surface area contributed by atoms with Crippen LogP contribution >= 0.6 is 0 Å². The van der Waals surface area contributed by atoms with Crippen molar-refractivity contribution in [3.63, 3.8) is 0 Å². The summed E-state index contributed by atoms with van der Waals surface area (Å²) >= 11 is 0. The van der Waals surface area contributed by atoms with Crippen molar-refractivity contribution < 1.29 is 22.7 Å². The minimum absolute atomic E-state index is 0.0558. The molecule has 0 radical (unpaired) electrons. The molecular formula is C16H19F3N2O2. The smallest absolute Gasteiger partial charge is 0.377 e. The van der Waals surface area contributed by atoms with Gasteiger partial charge in [0.1, 0.15) is 0 Å². The number of nitrogens with one attached hydrogen (secondary N) is 2. The van der Waals surface area contributed by atoms with E-state index < -0.39 is 18.6 Å². The molecule has 0 spiro atoms. The second-order valence-electron chi connectivity index (χ2n) is 5.28. The van der Waals surface area contributed by atoms with E-state index in [9.17, 15) is 18.0 Å². The van der Waals surface area contributed by atoms with Crippen molar-refractivity contribution in [2.24, 2.45) is 0 Å². The van der Waals surface area contributed by atoms with Gasteiger partial charge in [-0.25, -0.2) is 4.79 Å². The van der Waals surface area contributed by atoms with Gasteiger partial charge in [-0.3, -0.25) is 0 Å². The fraction of sp³-hybridized carbons (Fsp3) is 0.438. The SMILES string of the molecule is O=C(NCC1=CCOCC1)NCc1ccccc1CC(F)(F)F. The van der Waals surface area contributed by atoms with Gasteiger partial charge in [0.05, 0.1) is 19.6 Å². The number of rotatable bonds is 5. The van der Waals surface area contributed by atoms with Crippen molar-refractivity contribution in [3.05, 3.63) is 47.0 Å². The first-order valence-electron chi connectivity index (χ1n) is 7.35. The standard InChI is InChI=1S/C16H19F3N2O2/c17-16(18,19)9-13-3-1-2-4-14(13)11-21-15(22)20-10-12-5-7-23-8-6-12/h1-5H,6-11H2,(H2,20,21,22). The molecule has 126 valence electrons. The number of urea groups is 1. The third-order valence-electron chi connectivity index (χ3n) is 3.48. The van der Waals surface area contributed by atoms with E-state index in [-0.39, 0.29) is 12.1 Å². The van der Waals surface area contributed by atoms with Crippen molar-refractivity contribution in [1.82, 2.24) is 10.6 Å². The van der Waals surface area contributed by atoms with E-state index in [0.717, 1.165) is 12.0 Å². The molecule has 1 heterocycles. The van der Waals surface area contributed by atoms with Gasteiger partial charge in [0.2, 0.25) is 0 Å². The van der Waals surface area contributed by atoms with Crippen LogP contribution in [0.2, 0.25) is 0 Å². The lowest BCUT2D eigenvalue weighted by molar-refractivity contribution is -0.127. The average Bonchev–Trinajstić information content (AvgIpc) is 2.51. The highest BCUT2D eigenvalue weighted by molar-refractivity contribution is 5.74. The summed E-state index contributed by atoms with van der Waals surface area (Å²) in [7, 11) is 0. The number of hydrogen-bond donors (Lipinski definition) is 2. The van der Waals surface area contributed by atoms with E-state index in [0.29, 0.717) is 25.3 Å². The maximum Gasteiger partial charge on any atom is 0.393 e. The van der Waals surface area contributed by atoms with Crippen LogP contribution in [0.25, 0.3) is 0 Å². The Bertz CT molecular complexity index is 571. The molecule has 0 atom stereocenters. The van der Waals surface area contributed by atoms with Crippen molar-refractivity contribution >= 4 is 6.03 Å². The van der Waals surface area contributed by atoms with Crippen molar-refractivity contribution in [3.8, 4) is 0 Å². The second-order valence-corrected chi connectivity index (χ2v) is 5.28. The van der Waals surface area contributed by atoms with Gasteiger partial charge in [-0.15, -0.1) is 0 Å². The lowest BCUT2D eigenvalue weighted by atomic mass is 10.0. The molecule has 0 saturated heterocycles. The van der Waals surface area contributed by atoms with Gasteiger partial charge in [0.25, 0.3) is 0 Å². The van der Waals surface area contributed by atoms with Crippen molar-refractivity contribution in [1.29, 1.82) is 0 Å². The molecule has 0 aliphatic carbocycles. The van der Waals surface area contributed by atoms with Gasteiger partial charge in [0.15, 0.2) is 0 Å². The first kappa shape index (κ1) is 17.3. The van der Waals surface area contributed by atoms with Gasteiger partial charge >= 0.3 is 12.2 Å². The Balaban J connectivity index is 1.83. The summed E-state index contributed by atoms with van der Waals surface area (Å²) in [5.41, 5.74) is 1.72. The molecule has 0 saturated carbocycles. The van der Waals surface area contributed by atoms with Crippen LogP contribution in [0.1, 0.15) is 17.5 Å². The zero-order valence-electron chi connectivity index (χ0n) is 12.6. The Morgan fingerprint density at radius 2 is 1.83 bits per heavy atom. The number of hydrogen-bond acceptors (Lipinski definition) is 2. The lowest BCUT2D eigenvalue weighted by Gasteiger charge is -2.15. The quantitative estimate of drug-likeness (QED) is 0.817. The molecule has 1 aliphatic heterocycles. The number of halogens is 3. The second kappa shape index (κ2) is 8.01. The number of alkyl halides is 3. The van der Waals surface area contributed by atoms with Crippen LogP contribution in [0.3, 0.4) is 0 Å². The minimum atomic E-state index is -4.27. The highest BCUT2D eigenvalue weighted by Crippen LogP contribution is 2.23. The molecule has 4 nitrogen and oxygen atoms in total. The average molecular weight is 328 g/mol. The molecule has 0 bridgehead atoms. The highest BCUT2D eigenvalue weighted by atomic mass is 19.4. The molecule has 1 aromatic carbocycles. The van der Waals surface area contributed by atoms with Crippen LogP contribution in [0.5, 0.6) is 0 Å². The lowest BCUT2D eigenvalue weighted by Crippen LogP contribution is -2.36. The maximum absolute atomic E-state index is 12.5. The number of carbonyl (C=O) groups excluding carboxylic acids is 1. The normalized spacial score (nSPS) is 15.0. The molecule has 2 rings (SSSR count). The van der Waals surface area contributed by atoms with E-state index in [2.05, 4.69) is 10.6 Å². The summed E-state index contributed by atoms with van der Waals surface area (Å²) in [6.45, 7) is 1.66. The molecule has 0 aromatic heterocycles. The minimum Gasteiger partial charge on any atom is -0.377 e. The highest BCUT2D eigenvalue weighted by Gasteiger charge is 2.28. The molecule has 1 aromatic rings. The van der Waals surface area contributed by atoms with E-state index in [1.165, 1.54) is 6.07 Å². The fourth-order valence-corrected chi connectivity index (χ4v) is 2.28. The monoisotopic (exact) mass is 328 g/mol. The predicted octanol–water partition coefficient (Wildman–Crippen LogP) is 2.94. The van der Waals surface area contributed by atoms with Gasteiger partial charge in [0, 0.05) is 13.1 Å². The number of benzene rings is 1. The summed E-state index contributed by atoms with van der Waals surface area (Å²) in [4.78, 5) is 11.8. The van der Waals surface area contributed by atoms with Gasteiger partial charge in [-0.05, 0) is 17.5 Å². The zero-order chi connectivity index (χ0) is 16.7. The van der Waals surface area contributed by atoms with Gasteiger partial charge in [-0.1, -0.05) is 35.9 Å². The summed E-state index contributed by atoms with van der Waals surface area (Å²) in [5.74, 6) is 0.